The van der Waals surface area contributed by atoms with Crippen molar-refractivity contribution in [2.45, 2.75) is 25.5 Å². The molecule has 9 heteroatoms. The van der Waals surface area contributed by atoms with Gasteiger partial charge in [-0.05, 0) is 62.4 Å². The minimum Gasteiger partial charge on any atom is -0.508 e. The number of nitrogens with zero attached hydrogens (tertiary/aromatic N) is 3. The van der Waals surface area contributed by atoms with Gasteiger partial charge in [-0.3, -0.25) is 4.79 Å². The topological polar surface area (TPSA) is 106 Å². The summed E-state index contributed by atoms with van der Waals surface area (Å²) in [6, 6.07) is 13.3. The van der Waals surface area contributed by atoms with Crippen LogP contribution < -0.4 is 5.32 Å². The number of phenolic OH excluding ortho intramolecular Hbond substituents is 1. The zero-order valence-corrected chi connectivity index (χ0v) is 17.5. The molecule has 0 saturated heterocycles. The van der Waals surface area contributed by atoms with Gasteiger partial charge in [-0.2, -0.15) is 0 Å². The first kappa shape index (κ1) is 21.4. The number of thioether (sulfide) groups is 1. The maximum atomic E-state index is 12.3. The van der Waals surface area contributed by atoms with Gasteiger partial charge in [-0.1, -0.05) is 11.8 Å². The van der Waals surface area contributed by atoms with E-state index in [4.69, 9.17) is 4.74 Å². The molecule has 0 unspecified atom stereocenters. The maximum absolute atomic E-state index is 12.3. The van der Waals surface area contributed by atoms with E-state index in [2.05, 4.69) is 15.5 Å². The first-order valence-corrected chi connectivity index (χ1v) is 10.4. The molecule has 156 valence electrons. The molecule has 8 nitrogen and oxygen atoms in total. The Morgan fingerprint density at radius 2 is 1.77 bits per heavy atom. The molecule has 3 aromatic rings. The Morgan fingerprint density at radius 1 is 1.07 bits per heavy atom. The van der Waals surface area contributed by atoms with Crippen molar-refractivity contribution < 1.29 is 19.4 Å². The zero-order chi connectivity index (χ0) is 21.5. The summed E-state index contributed by atoms with van der Waals surface area (Å²) in [4.78, 5) is 24.0. The molecule has 1 heterocycles. The minimum atomic E-state index is -0.394. The second-order valence-corrected chi connectivity index (χ2v) is 7.17. The summed E-state index contributed by atoms with van der Waals surface area (Å²) in [5.74, 6) is 0.431. The quantitative estimate of drug-likeness (QED) is 0.419. The van der Waals surface area contributed by atoms with Crippen molar-refractivity contribution in [3.05, 3.63) is 54.1 Å². The number of anilines is 1. The Labute approximate surface area is 178 Å². The van der Waals surface area contributed by atoms with E-state index in [0.29, 0.717) is 35.4 Å². The largest absolute Gasteiger partial charge is 0.508 e. The number of hydrogen-bond donors (Lipinski definition) is 2. The van der Waals surface area contributed by atoms with E-state index < -0.39 is 5.97 Å². The van der Waals surface area contributed by atoms with E-state index in [1.807, 2.05) is 11.5 Å². The van der Waals surface area contributed by atoms with Gasteiger partial charge in [0, 0.05) is 17.8 Å². The fraction of sp³-hybridized carbons (Fsp3) is 0.238. The van der Waals surface area contributed by atoms with Gasteiger partial charge in [0.15, 0.2) is 11.0 Å². The third kappa shape index (κ3) is 5.18. The van der Waals surface area contributed by atoms with Crippen molar-refractivity contribution in [3.63, 3.8) is 0 Å². The maximum Gasteiger partial charge on any atom is 0.338 e. The number of esters is 1. The van der Waals surface area contributed by atoms with E-state index >= 15 is 0 Å². The lowest BCUT2D eigenvalue weighted by Gasteiger charge is -2.08. The summed E-state index contributed by atoms with van der Waals surface area (Å²) >= 11 is 1.29. The minimum absolute atomic E-state index is 0.160. The van der Waals surface area contributed by atoms with Crippen LogP contribution in [0.5, 0.6) is 5.75 Å². The molecule has 0 aliphatic carbocycles. The standard InChI is InChI=1S/C21H22N4O4S/c1-3-25-19(14-7-11-17(26)12-8-14)23-24-21(25)30-13-18(27)22-16-9-5-15(6-10-16)20(28)29-4-2/h5-12,26H,3-4,13H2,1-2H3,(H,22,27). The van der Waals surface area contributed by atoms with Gasteiger partial charge >= 0.3 is 5.97 Å². The number of carbonyl (C=O) groups is 2. The van der Waals surface area contributed by atoms with Gasteiger partial charge in [-0.25, -0.2) is 4.79 Å². The molecule has 1 amide bonds. The number of amides is 1. The van der Waals surface area contributed by atoms with Crippen molar-refractivity contribution >= 4 is 29.3 Å². The van der Waals surface area contributed by atoms with Gasteiger partial charge in [0.1, 0.15) is 5.75 Å². The Balaban J connectivity index is 1.61. The molecular weight excluding hydrogens is 404 g/mol. The lowest BCUT2D eigenvalue weighted by Crippen LogP contribution is -2.15. The van der Waals surface area contributed by atoms with E-state index in [1.165, 1.54) is 11.8 Å². The highest BCUT2D eigenvalue weighted by atomic mass is 32.2. The van der Waals surface area contributed by atoms with E-state index in [1.54, 1.807) is 55.5 Å². The number of rotatable bonds is 8. The van der Waals surface area contributed by atoms with Gasteiger partial charge in [-0.15, -0.1) is 10.2 Å². The number of hydrogen-bond acceptors (Lipinski definition) is 7. The number of aromatic hydroxyl groups is 1. The molecule has 1 aromatic heterocycles. The zero-order valence-electron chi connectivity index (χ0n) is 16.7. The first-order chi connectivity index (χ1) is 14.5. The molecule has 0 aliphatic heterocycles. The van der Waals surface area contributed by atoms with Crippen LogP contribution in [0.15, 0.2) is 53.7 Å². The number of benzene rings is 2. The predicted molar refractivity (Wildman–Crippen MR) is 115 cm³/mol. The highest BCUT2D eigenvalue weighted by Crippen LogP contribution is 2.25. The summed E-state index contributed by atoms with van der Waals surface area (Å²) in [6.45, 7) is 4.67. The smallest absolute Gasteiger partial charge is 0.338 e. The molecule has 0 fully saturated rings. The molecule has 0 bridgehead atoms. The fourth-order valence-corrected chi connectivity index (χ4v) is 3.54. The molecule has 0 spiro atoms. The van der Waals surface area contributed by atoms with Gasteiger partial charge in [0.25, 0.3) is 0 Å². The number of phenols is 1. The van der Waals surface area contributed by atoms with E-state index in [9.17, 15) is 14.7 Å². The molecule has 30 heavy (non-hydrogen) atoms. The van der Waals surface area contributed by atoms with Crippen LogP contribution in [0.1, 0.15) is 24.2 Å². The Morgan fingerprint density at radius 3 is 2.40 bits per heavy atom. The fourth-order valence-electron chi connectivity index (χ4n) is 2.74. The van der Waals surface area contributed by atoms with Crippen LogP contribution in [0.3, 0.4) is 0 Å². The summed E-state index contributed by atoms with van der Waals surface area (Å²) in [5, 5.41) is 21.3. The Kier molecular flexibility index (Phi) is 7.08. The Hall–Kier alpha value is -3.33. The highest BCUT2D eigenvalue weighted by Gasteiger charge is 2.15. The molecule has 3 rings (SSSR count). The van der Waals surface area contributed by atoms with Crippen LogP contribution in [-0.4, -0.2) is 44.1 Å². The average Bonchev–Trinajstić information content (AvgIpc) is 3.16. The van der Waals surface area contributed by atoms with Crippen LogP contribution in [0.2, 0.25) is 0 Å². The van der Waals surface area contributed by atoms with Crippen LogP contribution in [0, 0.1) is 0 Å². The predicted octanol–water partition coefficient (Wildman–Crippen LogP) is 3.58. The second-order valence-electron chi connectivity index (χ2n) is 6.23. The van der Waals surface area contributed by atoms with Crippen molar-refractivity contribution in [1.29, 1.82) is 0 Å². The third-order valence-electron chi connectivity index (χ3n) is 4.17. The summed E-state index contributed by atoms with van der Waals surface area (Å²) in [7, 11) is 0. The molecule has 2 N–H and O–H groups in total. The van der Waals surface area contributed by atoms with Crippen molar-refractivity contribution in [3.8, 4) is 17.1 Å². The van der Waals surface area contributed by atoms with E-state index in [-0.39, 0.29) is 17.4 Å². The first-order valence-electron chi connectivity index (χ1n) is 9.44. The molecule has 2 aromatic carbocycles. The highest BCUT2D eigenvalue weighted by molar-refractivity contribution is 7.99. The summed E-state index contributed by atoms with van der Waals surface area (Å²) in [6.07, 6.45) is 0. The second kappa shape index (κ2) is 9.93. The number of carbonyl (C=O) groups excluding carboxylic acids is 2. The van der Waals surface area contributed by atoms with E-state index in [0.717, 1.165) is 5.56 Å². The summed E-state index contributed by atoms with van der Waals surface area (Å²) in [5.41, 5.74) is 1.86. The van der Waals surface area contributed by atoms with Crippen LogP contribution in [0.25, 0.3) is 11.4 Å². The van der Waals surface area contributed by atoms with Crippen molar-refractivity contribution in [1.82, 2.24) is 14.8 Å². The monoisotopic (exact) mass is 426 g/mol. The molecule has 0 saturated carbocycles. The van der Waals surface area contributed by atoms with Gasteiger partial charge in [0.2, 0.25) is 5.91 Å². The van der Waals surface area contributed by atoms with Crippen LogP contribution >= 0.6 is 11.8 Å². The van der Waals surface area contributed by atoms with Crippen LogP contribution in [-0.2, 0) is 16.1 Å². The van der Waals surface area contributed by atoms with Crippen molar-refractivity contribution in [2.75, 3.05) is 17.7 Å². The lowest BCUT2D eigenvalue weighted by molar-refractivity contribution is -0.113. The van der Waals surface area contributed by atoms with Crippen LogP contribution in [0.4, 0.5) is 5.69 Å². The normalized spacial score (nSPS) is 10.6. The third-order valence-corrected chi connectivity index (χ3v) is 5.14. The van der Waals surface area contributed by atoms with Gasteiger partial charge < -0.3 is 19.7 Å². The number of aromatic nitrogens is 3. The average molecular weight is 426 g/mol. The molecule has 0 aliphatic rings. The molecule has 0 atom stereocenters. The SMILES string of the molecule is CCOC(=O)c1ccc(NC(=O)CSc2nnc(-c3ccc(O)cc3)n2CC)cc1. The molecule has 0 radical (unpaired) electrons. The van der Waals surface area contributed by atoms with Gasteiger partial charge in [0.05, 0.1) is 17.9 Å². The Bertz CT molecular complexity index is 1020. The summed E-state index contributed by atoms with van der Waals surface area (Å²) < 4.78 is 6.86. The number of nitrogens with one attached hydrogen (secondary N) is 1. The molecular formula is C21H22N4O4S. The van der Waals surface area contributed by atoms with Crippen molar-refractivity contribution in [2.24, 2.45) is 0 Å². The lowest BCUT2D eigenvalue weighted by atomic mass is 10.2. The number of ether oxygens (including phenoxy) is 1.